The number of aryl methyl sites for hydroxylation is 1. The lowest BCUT2D eigenvalue weighted by Gasteiger charge is -2.35. The summed E-state index contributed by atoms with van der Waals surface area (Å²) in [6.45, 7) is 12.0. The summed E-state index contributed by atoms with van der Waals surface area (Å²) in [5.41, 5.74) is 4.29. The van der Waals surface area contributed by atoms with E-state index in [4.69, 9.17) is 24.1 Å². The quantitative estimate of drug-likeness (QED) is 0.0917. The second-order valence-electron chi connectivity index (χ2n) is 14.5. The Hall–Kier alpha value is -3.71. The number of aromatic nitrogens is 1. The molecule has 2 aromatic rings. The summed E-state index contributed by atoms with van der Waals surface area (Å²) >= 11 is 1.60. The van der Waals surface area contributed by atoms with Crippen LogP contribution in [-0.2, 0) is 39.8 Å². The molecule has 16 nitrogen and oxygen atoms in total. The molecule has 2 heterocycles. The van der Waals surface area contributed by atoms with Crippen molar-refractivity contribution in [3.63, 3.8) is 0 Å². The fourth-order valence-electron chi connectivity index (χ4n) is 5.87. The van der Waals surface area contributed by atoms with Crippen molar-refractivity contribution in [2.45, 2.75) is 65.1 Å². The third-order valence-electron chi connectivity index (χ3n) is 8.92. The fourth-order valence-corrected chi connectivity index (χ4v) is 6.69. The topological polar surface area (TPSA) is 201 Å². The summed E-state index contributed by atoms with van der Waals surface area (Å²) in [4.78, 5) is 59.3. The molecular weight excluding hydrogens is 733 g/mol. The first-order valence-corrected chi connectivity index (χ1v) is 19.7. The van der Waals surface area contributed by atoms with Crippen LogP contribution in [-0.4, -0.2) is 160 Å². The van der Waals surface area contributed by atoms with Crippen molar-refractivity contribution in [1.29, 1.82) is 0 Å². The minimum absolute atomic E-state index is 0.00291. The van der Waals surface area contributed by atoms with E-state index in [0.29, 0.717) is 52.5 Å². The first-order chi connectivity index (χ1) is 26.3. The Balaban J connectivity index is 1.29. The molecular formula is C38H60N6O10S. The SMILES string of the molecule is Cc1ncsc1-c1ccc(CCNC(=O)[C@@H]2C[C@@H](O)CN2C(=O)[C@@H](NC(=O)COCCOCCOCCOCCN(C)CCCNC(=O)O)C(C)(C)C)cc1. The second-order valence-corrected chi connectivity index (χ2v) is 15.4. The minimum Gasteiger partial charge on any atom is -0.465 e. The number of aliphatic hydroxyl groups excluding tert-OH is 1. The maximum absolute atomic E-state index is 13.8. The molecule has 3 atom stereocenters. The summed E-state index contributed by atoms with van der Waals surface area (Å²) < 4.78 is 22.0. The molecule has 0 radical (unpaired) electrons. The van der Waals surface area contributed by atoms with Crippen LogP contribution in [0, 0.1) is 12.3 Å². The van der Waals surface area contributed by atoms with E-state index in [-0.39, 0.29) is 38.7 Å². The van der Waals surface area contributed by atoms with Gasteiger partial charge in [-0.3, -0.25) is 14.4 Å². The third-order valence-corrected chi connectivity index (χ3v) is 9.89. The number of carbonyl (C=O) groups is 4. The number of nitrogens with zero attached hydrogens (tertiary/aromatic N) is 3. The molecule has 1 aliphatic heterocycles. The van der Waals surface area contributed by atoms with Crippen LogP contribution in [0.1, 0.15) is 44.9 Å². The van der Waals surface area contributed by atoms with E-state index in [9.17, 15) is 24.3 Å². The molecule has 1 saturated heterocycles. The number of carbonyl (C=O) groups excluding carboxylic acids is 3. The van der Waals surface area contributed by atoms with Crippen molar-refractivity contribution in [2.75, 3.05) is 92.6 Å². The number of likely N-dealkylation sites (N-methyl/N-ethyl adjacent to an activating group) is 1. The molecule has 0 bridgehead atoms. The fraction of sp³-hybridized carbons (Fsp3) is 0.658. The van der Waals surface area contributed by atoms with E-state index in [1.165, 1.54) is 4.90 Å². The molecule has 308 valence electrons. The number of thiazole rings is 1. The van der Waals surface area contributed by atoms with Crippen LogP contribution in [0.2, 0.25) is 0 Å². The molecule has 17 heteroatoms. The van der Waals surface area contributed by atoms with Gasteiger partial charge in [-0.1, -0.05) is 45.0 Å². The lowest BCUT2D eigenvalue weighted by Crippen LogP contribution is -2.58. The summed E-state index contributed by atoms with van der Waals surface area (Å²) in [5.74, 6) is -1.26. The number of ether oxygens (including phenoxy) is 4. The first-order valence-electron chi connectivity index (χ1n) is 18.8. The lowest BCUT2D eigenvalue weighted by molar-refractivity contribution is -0.144. The van der Waals surface area contributed by atoms with E-state index < -0.39 is 41.5 Å². The first kappa shape index (κ1) is 45.7. The number of hydrogen-bond donors (Lipinski definition) is 5. The number of hydrogen-bond acceptors (Lipinski definition) is 12. The average molecular weight is 793 g/mol. The zero-order valence-corrected chi connectivity index (χ0v) is 33.7. The Labute approximate surface area is 328 Å². The highest BCUT2D eigenvalue weighted by molar-refractivity contribution is 7.13. The van der Waals surface area contributed by atoms with Crippen LogP contribution in [0.5, 0.6) is 0 Å². The Morgan fingerprint density at radius 2 is 1.58 bits per heavy atom. The second kappa shape index (κ2) is 24.0. The van der Waals surface area contributed by atoms with E-state index in [1.54, 1.807) is 11.3 Å². The highest BCUT2D eigenvalue weighted by atomic mass is 32.1. The largest absolute Gasteiger partial charge is 0.465 e. The van der Waals surface area contributed by atoms with Gasteiger partial charge in [0.05, 0.1) is 68.4 Å². The monoisotopic (exact) mass is 792 g/mol. The Morgan fingerprint density at radius 3 is 2.18 bits per heavy atom. The zero-order valence-electron chi connectivity index (χ0n) is 32.8. The van der Waals surface area contributed by atoms with Gasteiger partial charge in [-0.15, -0.1) is 11.3 Å². The highest BCUT2D eigenvalue weighted by Crippen LogP contribution is 2.28. The lowest BCUT2D eigenvalue weighted by atomic mass is 9.85. The Bertz CT molecular complexity index is 1470. The van der Waals surface area contributed by atoms with Crippen molar-refractivity contribution in [2.24, 2.45) is 5.41 Å². The van der Waals surface area contributed by atoms with E-state index in [1.807, 2.05) is 64.5 Å². The number of nitrogens with one attached hydrogen (secondary N) is 3. The van der Waals surface area contributed by atoms with Gasteiger partial charge >= 0.3 is 6.09 Å². The van der Waals surface area contributed by atoms with E-state index in [2.05, 4.69) is 25.8 Å². The van der Waals surface area contributed by atoms with Gasteiger partial charge in [0.25, 0.3) is 0 Å². The van der Waals surface area contributed by atoms with Gasteiger partial charge in [0.2, 0.25) is 17.7 Å². The van der Waals surface area contributed by atoms with Crippen molar-refractivity contribution >= 4 is 35.2 Å². The molecule has 1 aromatic carbocycles. The minimum atomic E-state index is -1.01. The summed E-state index contributed by atoms with van der Waals surface area (Å²) in [5, 5.41) is 27.1. The molecule has 3 rings (SSSR count). The van der Waals surface area contributed by atoms with Gasteiger partial charge < -0.3 is 54.9 Å². The molecule has 1 aliphatic rings. The van der Waals surface area contributed by atoms with Crippen LogP contribution in [0.15, 0.2) is 29.8 Å². The highest BCUT2D eigenvalue weighted by Gasteiger charge is 2.44. The normalized spacial score (nSPS) is 16.3. The van der Waals surface area contributed by atoms with E-state index >= 15 is 0 Å². The van der Waals surface area contributed by atoms with Gasteiger partial charge in [-0.2, -0.15) is 0 Å². The average Bonchev–Trinajstić information content (AvgIpc) is 3.75. The van der Waals surface area contributed by atoms with Gasteiger partial charge in [0, 0.05) is 32.6 Å². The molecule has 1 aromatic heterocycles. The predicted molar refractivity (Wildman–Crippen MR) is 208 cm³/mol. The van der Waals surface area contributed by atoms with Crippen LogP contribution in [0.4, 0.5) is 4.79 Å². The molecule has 0 aliphatic carbocycles. The molecule has 55 heavy (non-hydrogen) atoms. The molecule has 5 N–H and O–H groups in total. The van der Waals surface area contributed by atoms with E-state index in [0.717, 1.165) is 41.2 Å². The standard InChI is InChI=1S/C38H60N6O10S/c1-27-33(55-26-41-27)29-9-7-28(8-10-29)11-13-39-35(47)31-23-30(45)24-44(31)36(48)34(38(2,3)4)42-32(46)25-54-22-21-53-20-19-52-18-17-51-16-15-43(5)14-6-12-40-37(49)50/h7-10,26,30-31,34,40,45H,6,11-25H2,1-5H3,(H,39,47)(H,42,46)(H,49,50)/t30-,31+,34-/m1/s1. The molecule has 0 spiro atoms. The number of likely N-dealkylation sites (tertiary alicyclic amines) is 1. The summed E-state index contributed by atoms with van der Waals surface area (Å²) in [6, 6.07) is 6.34. The van der Waals surface area contributed by atoms with Crippen molar-refractivity contribution in [3.05, 3.63) is 41.0 Å². The van der Waals surface area contributed by atoms with Crippen molar-refractivity contribution in [1.82, 2.24) is 30.7 Å². The third kappa shape index (κ3) is 16.9. The predicted octanol–water partition coefficient (Wildman–Crippen LogP) is 1.93. The van der Waals surface area contributed by atoms with Gasteiger partial charge in [-0.05, 0) is 49.9 Å². The van der Waals surface area contributed by atoms with Crippen LogP contribution >= 0.6 is 11.3 Å². The maximum atomic E-state index is 13.8. The number of rotatable bonds is 25. The smallest absolute Gasteiger partial charge is 0.404 e. The number of benzene rings is 1. The molecule has 4 amide bonds. The number of amides is 4. The Morgan fingerprint density at radius 1 is 0.945 bits per heavy atom. The zero-order chi connectivity index (χ0) is 40.2. The number of β-amino-alcohol motifs (C(OH)–C–C–N with tert-alkyl or cyclic N) is 1. The molecule has 1 fully saturated rings. The van der Waals surface area contributed by atoms with Gasteiger partial charge in [-0.25, -0.2) is 9.78 Å². The molecule has 0 saturated carbocycles. The van der Waals surface area contributed by atoms with Gasteiger partial charge in [0.15, 0.2) is 0 Å². The van der Waals surface area contributed by atoms with Crippen LogP contribution < -0.4 is 16.0 Å². The number of carboxylic acid groups (broad SMARTS) is 1. The maximum Gasteiger partial charge on any atom is 0.404 e. The van der Waals surface area contributed by atoms with Crippen LogP contribution in [0.25, 0.3) is 10.4 Å². The Kier molecular flexibility index (Phi) is 20.0. The number of aliphatic hydroxyl groups is 1. The van der Waals surface area contributed by atoms with Crippen molar-refractivity contribution < 1.29 is 48.3 Å². The van der Waals surface area contributed by atoms with Gasteiger partial charge in [0.1, 0.15) is 18.7 Å². The summed E-state index contributed by atoms with van der Waals surface area (Å²) in [7, 11) is 1.95. The van der Waals surface area contributed by atoms with Crippen molar-refractivity contribution in [3.8, 4) is 10.4 Å². The summed E-state index contributed by atoms with van der Waals surface area (Å²) in [6.07, 6.45) is -0.426. The van der Waals surface area contributed by atoms with Crippen LogP contribution in [0.3, 0.4) is 0 Å². The molecule has 0 unspecified atom stereocenters.